The number of imidazole rings is 1. The molecule has 1 unspecified atom stereocenters. The molecule has 4 aliphatic heterocycles. The molecular formula is C23H24N6O4. The van der Waals surface area contributed by atoms with Crippen molar-refractivity contribution in [1.29, 1.82) is 0 Å². The van der Waals surface area contributed by atoms with Crippen LogP contribution < -0.4 is 15.5 Å². The predicted octanol–water partition coefficient (Wildman–Crippen LogP) is 0.381. The quantitative estimate of drug-likeness (QED) is 0.650. The predicted molar refractivity (Wildman–Crippen MR) is 117 cm³/mol. The molecular weight excluding hydrogens is 424 g/mol. The number of nitrogens with zero attached hydrogens (tertiary/aromatic N) is 4. The maximum Gasteiger partial charge on any atom is 0.262 e. The highest BCUT2D eigenvalue weighted by molar-refractivity contribution is 6.24. The average molecular weight is 448 g/mol. The molecule has 2 saturated heterocycles. The Morgan fingerprint density at radius 2 is 1.91 bits per heavy atom. The van der Waals surface area contributed by atoms with E-state index in [9.17, 15) is 19.2 Å². The first kappa shape index (κ1) is 20.1. The third-order valence-electron chi connectivity index (χ3n) is 7.00. The molecule has 170 valence electrons. The lowest BCUT2D eigenvalue weighted by molar-refractivity contribution is -0.136. The summed E-state index contributed by atoms with van der Waals surface area (Å²) in [5.41, 5.74) is 2.48. The van der Waals surface area contributed by atoms with Crippen LogP contribution in [0.5, 0.6) is 0 Å². The monoisotopic (exact) mass is 448 g/mol. The van der Waals surface area contributed by atoms with Crippen LogP contribution in [0.25, 0.3) is 0 Å². The molecule has 1 aromatic carbocycles. The first-order valence-electron chi connectivity index (χ1n) is 11.4. The van der Waals surface area contributed by atoms with Gasteiger partial charge in [0.05, 0.1) is 16.8 Å². The van der Waals surface area contributed by atoms with Gasteiger partial charge in [0.25, 0.3) is 11.8 Å². The second-order valence-corrected chi connectivity index (χ2v) is 9.08. The van der Waals surface area contributed by atoms with Crippen molar-refractivity contribution < 1.29 is 19.2 Å². The van der Waals surface area contributed by atoms with Crippen LogP contribution in [0.15, 0.2) is 24.4 Å². The van der Waals surface area contributed by atoms with Crippen LogP contribution in [0, 0.1) is 0 Å². The molecule has 0 spiro atoms. The van der Waals surface area contributed by atoms with E-state index in [1.807, 2.05) is 6.07 Å². The number of rotatable bonds is 4. The maximum atomic E-state index is 13.4. The van der Waals surface area contributed by atoms with Gasteiger partial charge in [-0.3, -0.25) is 29.4 Å². The summed E-state index contributed by atoms with van der Waals surface area (Å²) < 4.78 is 2.17. The summed E-state index contributed by atoms with van der Waals surface area (Å²) in [4.78, 5) is 58.4. The van der Waals surface area contributed by atoms with Gasteiger partial charge < -0.3 is 14.8 Å². The van der Waals surface area contributed by atoms with Crippen molar-refractivity contribution in [3.63, 3.8) is 0 Å². The molecule has 1 aromatic heterocycles. The Bertz CT molecular complexity index is 1200. The van der Waals surface area contributed by atoms with Gasteiger partial charge in [0.2, 0.25) is 17.8 Å². The van der Waals surface area contributed by atoms with Gasteiger partial charge in [0.1, 0.15) is 6.04 Å². The molecule has 0 bridgehead atoms. The van der Waals surface area contributed by atoms with E-state index in [-0.39, 0.29) is 18.7 Å². The van der Waals surface area contributed by atoms with E-state index in [0.29, 0.717) is 23.6 Å². The van der Waals surface area contributed by atoms with Crippen LogP contribution in [0.2, 0.25) is 0 Å². The molecule has 4 aliphatic rings. The number of aromatic nitrogens is 2. The summed E-state index contributed by atoms with van der Waals surface area (Å²) in [5, 5.41) is 5.52. The van der Waals surface area contributed by atoms with E-state index in [1.54, 1.807) is 12.1 Å². The number of piperidine rings is 1. The van der Waals surface area contributed by atoms with Crippen molar-refractivity contribution in [1.82, 2.24) is 25.1 Å². The smallest absolute Gasteiger partial charge is 0.262 e. The molecule has 0 aliphatic carbocycles. The third kappa shape index (κ3) is 3.16. The average Bonchev–Trinajstić information content (AvgIpc) is 3.28. The minimum Gasteiger partial charge on any atom is -0.338 e. The number of carbonyl (C=O) groups excluding carboxylic acids is 4. The Morgan fingerprint density at radius 3 is 2.67 bits per heavy atom. The van der Waals surface area contributed by atoms with Gasteiger partial charge >= 0.3 is 0 Å². The van der Waals surface area contributed by atoms with E-state index in [1.165, 1.54) is 0 Å². The van der Waals surface area contributed by atoms with E-state index >= 15 is 0 Å². The van der Waals surface area contributed by atoms with Crippen LogP contribution in [0.1, 0.15) is 57.2 Å². The second kappa shape index (κ2) is 7.51. The summed E-state index contributed by atoms with van der Waals surface area (Å²) in [6.07, 6.45) is 3.34. The Kier molecular flexibility index (Phi) is 4.58. The number of hydrogen-bond acceptors (Lipinski definition) is 7. The molecule has 6 rings (SSSR count). The second-order valence-electron chi connectivity index (χ2n) is 9.08. The van der Waals surface area contributed by atoms with Gasteiger partial charge in [0.15, 0.2) is 0 Å². The van der Waals surface area contributed by atoms with Gasteiger partial charge in [0, 0.05) is 51.3 Å². The number of nitrogens with one attached hydrogen (secondary N) is 2. The van der Waals surface area contributed by atoms with E-state index in [0.717, 1.165) is 54.7 Å². The third-order valence-corrected chi connectivity index (χ3v) is 7.00. The number of hydrogen-bond donors (Lipinski definition) is 2. The summed E-state index contributed by atoms with van der Waals surface area (Å²) in [6.45, 7) is 4.05. The number of amides is 4. The van der Waals surface area contributed by atoms with E-state index < -0.39 is 23.8 Å². The molecule has 33 heavy (non-hydrogen) atoms. The maximum absolute atomic E-state index is 13.4. The fourth-order valence-electron chi connectivity index (χ4n) is 5.14. The highest BCUT2D eigenvalue weighted by Crippen LogP contribution is 2.32. The molecule has 0 radical (unpaired) electrons. The summed E-state index contributed by atoms with van der Waals surface area (Å²) >= 11 is 0. The number of aryl methyl sites for hydroxylation is 1. The fraction of sp³-hybridized carbons (Fsp3) is 0.435. The molecule has 4 amide bonds. The number of imide groups is 2. The topological polar surface area (TPSA) is 117 Å². The molecule has 10 heteroatoms. The SMILES string of the molecule is O=C1CCC(N2C(=O)c3cccc(CN4CCCn5cc(C6CNC6)nc54)c3C2=O)C(=O)N1. The molecule has 1 atom stereocenters. The fourth-order valence-corrected chi connectivity index (χ4v) is 5.14. The summed E-state index contributed by atoms with van der Waals surface area (Å²) in [6, 6.07) is 4.30. The number of benzene rings is 1. The summed E-state index contributed by atoms with van der Waals surface area (Å²) in [5.74, 6) is -0.607. The normalized spacial score (nSPS) is 22.8. The van der Waals surface area contributed by atoms with Crippen molar-refractivity contribution in [3.05, 3.63) is 46.8 Å². The molecule has 2 N–H and O–H groups in total. The van der Waals surface area contributed by atoms with Crippen molar-refractivity contribution in [2.45, 2.75) is 44.3 Å². The van der Waals surface area contributed by atoms with Gasteiger partial charge in [-0.1, -0.05) is 12.1 Å². The van der Waals surface area contributed by atoms with Crippen molar-refractivity contribution in [3.8, 4) is 0 Å². The number of fused-ring (bicyclic) bond motifs is 2. The molecule has 5 heterocycles. The standard InChI is InChI=1S/C23H24N6O4/c30-18-6-5-17(20(31)26-18)29-21(32)15-4-1-3-13(19(15)22(29)33)11-27-7-2-8-28-12-16(25-23(27)28)14-9-24-10-14/h1,3-4,12,14,17,24H,2,5-11H2,(H,26,30,31). The highest BCUT2D eigenvalue weighted by Gasteiger charge is 2.45. The highest BCUT2D eigenvalue weighted by atomic mass is 16.2. The lowest BCUT2D eigenvalue weighted by Crippen LogP contribution is -2.54. The Balaban J connectivity index is 1.30. The van der Waals surface area contributed by atoms with E-state index in [2.05, 4.69) is 26.3 Å². The van der Waals surface area contributed by atoms with Gasteiger partial charge in [-0.15, -0.1) is 0 Å². The van der Waals surface area contributed by atoms with Crippen molar-refractivity contribution >= 4 is 29.6 Å². The lowest BCUT2D eigenvalue weighted by atomic mass is 10.0. The van der Waals surface area contributed by atoms with Gasteiger partial charge in [-0.2, -0.15) is 0 Å². The molecule has 2 aromatic rings. The van der Waals surface area contributed by atoms with Crippen LogP contribution in [0.4, 0.5) is 5.95 Å². The number of carbonyl (C=O) groups is 4. The minimum atomic E-state index is -0.963. The lowest BCUT2D eigenvalue weighted by Gasteiger charge is -2.30. The Labute approximate surface area is 189 Å². The Hall–Kier alpha value is -3.53. The number of anilines is 1. The van der Waals surface area contributed by atoms with Gasteiger partial charge in [-0.05, 0) is 24.5 Å². The van der Waals surface area contributed by atoms with Crippen LogP contribution in [-0.2, 0) is 22.7 Å². The zero-order valence-corrected chi connectivity index (χ0v) is 18.0. The Morgan fingerprint density at radius 1 is 1.06 bits per heavy atom. The first-order chi connectivity index (χ1) is 16.0. The first-order valence-corrected chi connectivity index (χ1v) is 11.4. The van der Waals surface area contributed by atoms with E-state index in [4.69, 9.17) is 4.98 Å². The summed E-state index contributed by atoms with van der Waals surface area (Å²) in [7, 11) is 0. The zero-order valence-electron chi connectivity index (χ0n) is 18.0. The van der Waals surface area contributed by atoms with Crippen LogP contribution in [-0.4, -0.2) is 63.8 Å². The molecule has 10 nitrogen and oxygen atoms in total. The largest absolute Gasteiger partial charge is 0.338 e. The van der Waals surface area contributed by atoms with Gasteiger partial charge in [-0.25, -0.2) is 4.98 Å². The molecule has 0 saturated carbocycles. The minimum absolute atomic E-state index is 0.103. The zero-order chi connectivity index (χ0) is 22.7. The van der Waals surface area contributed by atoms with Crippen molar-refractivity contribution in [2.24, 2.45) is 0 Å². The van der Waals surface area contributed by atoms with Crippen LogP contribution in [0.3, 0.4) is 0 Å². The van der Waals surface area contributed by atoms with Crippen LogP contribution >= 0.6 is 0 Å². The molecule has 2 fully saturated rings. The van der Waals surface area contributed by atoms with Crippen molar-refractivity contribution in [2.75, 3.05) is 24.5 Å².